The summed E-state index contributed by atoms with van der Waals surface area (Å²) >= 11 is 0. The van der Waals surface area contributed by atoms with Gasteiger partial charge in [0.25, 0.3) is 11.8 Å². The van der Waals surface area contributed by atoms with Gasteiger partial charge >= 0.3 is 0 Å². The second kappa shape index (κ2) is 20.9. The number of hydrazine groups is 2. The third kappa shape index (κ3) is 12.7. The molecule has 2 rings (SSSR count). The molecule has 46 heavy (non-hydrogen) atoms. The van der Waals surface area contributed by atoms with Crippen molar-refractivity contribution in [2.45, 2.75) is 118 Å². The predicted molar refractivity (Wildman–Crippen MR) is 180 cm³/mol. The summed E-state index contributed by atoms with van der Waals surface area (Å²) in [4.78, 5) is 51.7. The number of benzene rings is 2. The number of aromatic hydroxyl groups is 2. The van der Waals surface area contributed by atoms with Gasteiger partial charge < -0.3 is 10.2 Å². The van der Waals surface area contributed by atoms with Gasteiger partial charge in [-0.05, 0) is 86.8 Å². The van der Waals surface area contributed by atoms with Crippen molar-refractivity contribution in [3.63, 3.8) is 0 Å². The van der Waals surface area contributed by atoms with Crippen LogP contribution in [0.1, 0.15) is 137 Å². The number of unbranched alkanes of at least 4 members (excludes halogenated alkanes) is 5. The normalized spacial score (nSPS) is 12.2. The van der Waals surface area contributed by atoms with Gasteiger partial charge in [0.05, 0.1) is 11.1 Å². The first-order valence-electron chi connectivity index (χ1n) is 17.0. The molecule has 6 N–H and O–H groups in total. The van der Waals surface area contributed by atoms with E-state index in [1.807, 2.05) is 13.8 Å². The van der Waals surface area contributed by atoms with Crippen LogP contribution in [-0.4, -0.2) is 33.8 Å². The zero-order valence-corrected chi connectivity index (χ0v) is 28.0. The Kier molecular flexibility index (Phi) is 17.3. The SMILES string of the molecule is CCCCCc1ccc(O)c(C(=O)NNC(=O)C(CC)CCC(CCCC)C(=O)NNC(=O)c2cc(CCCCC)ccc2O)c1. The Morgan fingerprint density at radius 1 is 0.565 bits per heavy atom. The number of carbonyl (C=O) groups excluding carboxylic acids is 4. The van der Waals surface area contributed by atoms with Crippen LogP contribution in [0, 0.1) is 11.8 Å². The van der Waals surface area contributed by atoms with Crippen LogP contribution in [0.4, 0.5) is 0 Å². The standard InChI is InChI=1S/C36H54N4O6/c1-5-9-12-14-25-17-21-31(41)29(23-25)35(45)39-37-33(43)27(8-4)19-20-28(16-11-7-3)34(44)38-40-36(46)30-24-26(15-13-10-6-2)18-22-32(30)42/h17-18,21-24,27-28,41-42H,5-16,19-20H2,1-4H3,(H,37,43)(H,38,44)(H,39,45)(H,40,46). The first kappa shape index (κ1) is 38.1. The summed E-state index contributed by atoms with van der Waals surface area (Å²) in [6.45, 7) is 8.12. The molecule has 4 amide bonds. The van der Waals surface area contributed by atoms with E-state index in [1.165, 1.54) is 12.1 Å². The van der Waals surface area contributed by atoms with Gasteiger partial charge in [-0.15, -0.1) is 0 Å². The highest BCUT2D eigenvalue weighted by atomic mass is 16.3. The van der Waals surface area contributed by atoms with Crippen molar-refractivity contribution in [3.8, 4) is 11.5 Å². The Balaban J connectivity index is 1.95. The molecule has 2 aromatic carbocycles. The Morgan fingerprint density at radius 2 is 1.00 bits per heavy atom. The fourth-order valence-electron chi connectivity index (χ4n) is 5.35. The lowest BCUT2D eigenvalue weighted by Crippen LogP contribution is -2.45. The lowest BCUT2D eigenvalue weighted by molar-refractivity contribution is -0.128. The van der Waals surface area contributed by atoms with Crippen molar-refractivity contribution in [3.05, 3.63) is 58.7 Å². The van der Waals surface area contributed by atoms with Gasteiger partial charge in [0.15, 0.2) is 0 Å². The van der Waals surface area contributed by atoms with E-state index < -0.39 is 23.7 Å². The number of rotatable bonds is 19. The fraction of sp³-hybridized carbons (Fsp3) is 0.556. The summed E-state index contributed by atoms with van der Waals surface area (Å²) in [7, 11) is 0. The smallest absolute Gasteiger partial charge is 0.273 e. The number of hydrogen-bond acceptors (Lipinski definition) is 6. The molecule has 0 aliphatic carbocycles. The molecule has 0 fully saturated rings. The van der Waals surface area contributed by atoms with E-state index in [9.17, 15) is 29.4 Å². The molecule has 2 unspecified atom stereocenters. The Morgan fingerprint density at radius 3 is 1.43 bits per heavy atom. The fourth-order valence-corrected chi connectivity index (χ4v) is 5.35. The number of nitrogens with one attached hydrogen (secondary N) is 4. The average molecular weight is 639 g/mol. The van der Waals surface area contributed by atoms with Gasteiger partial charge in [-0.3, -0.25) is 40.9 Å². The minimum Gasteiger partial charge on any atom is -0.507 e. The van der Waals surface area contributed by atoms with Gasteiger partial charge in [-0.25, -0.2) is 0 Å². The monoisotopic (exact) mass is 638 g/mol. The number of aryl methyl sites for hydroxylation is 2. The Hall–Kier alpha value is -4.08. The lowest BCUT2D eigenvalue weighted by atomic mass is 9.90. The molecule has 2 aromatic rings. The van der Waals surface area contributed by atoms with Gasteiger partial charge in [-0.2, -0.15) is 0 Å². The third-order valence-electron chi connectivity index (χ3n) is 8.35. The van der Waals surface area contributed by atoms with E-state index in [0.717, 1.165) is 75.3 Å². The van der Waals surface area contributed by atoms with Crippen molar-refractivity contribution in [2.75, 3.05) is 0 Å². The number of hydrogen-bond donors (Lipinski definition) is 6. The number of phenolic OH excluding ortho intramolecular Hbond substituents is 2. The molecule has 0 radical (unpaired) electrons. The summed E-state index contributed by atoms with van der Waals surface area (Å²) < 4.78 is 0. The molecule has 0 heterocycles. The van der Waals surface area contributed by atoms with Crippen molar-refractivity contribution >= 4 is 23.6 Å². The van der Waals surface area contributed by atoms with E-state index in [0.29, 0.717) is 25.7 Å². The van der Waals surface area contributed by atoms with Gasteiger partial charge in [-0.1, -0.05) is 78.4 Å². The Bertz CT molecular complexity index is 1280. The van der Waals surface area contributed by atoms with Crippen LogP contribution in [0.25, 0.3) is 0 Å². The molecule has 0 aliphatic heterocycles. The lowest BCUT2D eigenvalue weighted by Gasteiger charge is -2.20. The zero-order valence-electron chi connectivity index (χ0n) is 28.0. The van der Waals surface area contributed by atoms with Crippen molar-refractivity contribution in [1.82, 2.24) is 21.7 Å². The minimum atomic E-state index is -0.605. The van der Waals surface area contributed by atoms with Gasteiger partial charge in [0.1, 0.15) is 11.5 Å². The predicted octanol–water partition coefficient (Wildman–Crippen LogP) is 6.40. The van der Waals surface area contributed by atoms with E-state index in [-0.39, 0.29) is 34.4 Å². The molecule has 2 atom stereocenters. The first-order valence-corrected chi connectivity index (χ1v) is 17.0. The topological polar surface area (TPSA) is 157 Å². The molecule has 0 aromatic heterocycles. The van der Waals surface area contributed by atoms with Gasteiger partial charge in [0.2, 0.25) is 11.8 Å². The number of phenols is 2. The highest BCUT2D eigenvalue weighted by Crippen LogP contribution is 2.23. The first-order chi connectivity index (χ1) is 22.1. The minimum absolute atomic E-state index is 0.0947. The molecular weight excluding hydrogens is 584 g/mol. The molecular formula is C36H54N4O6. The molecule has 10 heteroatoms. The molecule has 254 valence electrons. The van der Waals surface area contributed by atoms with Crippen molar-refractivity contribution in [1.29, 1.82) is 0 Å². The van der Waals surface area contributed by atoms with Crippen LogP contribution < -0.4 is 21.7 Å². The van der Waals surface area contributed by atoms with E-state index in [2.05, 4.69) is 35.6 Å². The van der Waals surface area contributed by atoms with Crippen LogP contribution in [-0.2, 0) is 22.4 Å². The summed E-state index contributed by atoms with van der Waals surface area (Å²) in [6, 6.07) is 9.87. The molecule has 0 aliphatic rings. The second-order valence-corrected chi connectivity index (χ2v) is 12.0. The maximum absolute atomic E-state index is 13.1. The maximum Gasteiger partial charge on any atom is 0.273 e. The van der Waals surface area contributed by atoms with Crippen LogP contribution in [0.15, 0.2) is 36.4 Å². The Labute approximate surface area is 274 Å². The summed E-state index contributed by atoms with van der Waals surface area (Å²) in [5, 5.41) is 20.5. The highest BCUT2D eigenvalue weighted by Gasteiger charge is 2.24. The van der Waals surface area contributed by atoms with Crippen LogP contribution in [0.5, 0.6) is 11.5 Å². The van der Waals surface area contributed by atoms with Gasteiger partial charge in [0, 0.05) is 11.8 Å². The second-order valence-electron chi connectivity index (χ2n) is 12.0. The summed E-state index contributed by atoms with van der Waals surface area (Å²) in [5.74, 6) is -3.18. The molecule has 0 saturated carbocycles. The zero-order chi connectivity index (χ0) is 33.9. The molecule has 0 saturated heterocycles. The van der Waals surface area contributed by atoms with E-state index in [1.54, 1.807) is 24.3 Å². The quantitative estimate of drug-likeness (QED) is 0.0773. The number of amides is 4. The summed E-state index contributed by atoms with van der Waals surface area (Å²) in [6.07, 6.45) is 11.4. The van der Waals surface area contributed by atoms with Crippen LogP contribution >= 0.6 is 0 Å². The largest absolute Gasteiger partial charge is 0.507 e. The maximum atomic E-state index is 13.1. The molecule has 0 bridgehead atoms. The molecule has 0 spiro atoms. The van der Waals surface area contributed by atoms with Crippen molar-refractivity contribution in [2.24, 2.45) is 11.8 Å². The summed E-state index contributed by atoms with van der Waals surface area (Å²) in [5.41, 5.74) is 11.9. The van der Waals surface area contributed by atoms with E-state index in [4.69, 9.17) is 0 Å². The van der Waals surface area contributed by atoms with Crippen molar-refractivity contribution < 1.29 is 29.4 Å². The van der Waals surface area contributed by atoms with Crippen LogP contribution in [0.2, 0.25) is 0 Å². The average Bonchev–Trinajstić information content (AvgIpc) is 3.05. The number of carbonyl (C=O) groups is 4. The molecule has 10 nitrogen and oxygen atoms in total. The van der Waals surface area contributed by atoms with E-state index >= 15 is 0 Å². The highest BCUT2D eigenvalue weighted by molar-refractivity contribution is 5.98. The van der Waals surface area contributed by atoms with Crippen LogP contribution in [0.3, 0.4) is 0 Å². The third-order valence-corrected chi connectivity index (χ3v) is 8.35.